The normalized spacial score (nSPS) is 46.0. The second-order valence-electron chi connectivity index (χ2n) is 8.97. The van der Waals surface area contributed by atoms with E-state index in [1.807, 2.05) is 6.92 Å². The van der Waals surface area contributed by atoms with Crippen molar-refractivity contribution >= 4 is 11.6 Å². The summed E-state index contributed by atoms with van der Waals surface area (Å²) < 4.78 is 5.49. The highest BCUT2D eigenvalue weighted by atomic mass is 35.5. The molecule has 4 aliphatic rings. The number of nitrogens with zero attached hydrogens (tertiary/aromatic N) is 2. The Labute approximate surface area is 131 Å². The molecule has 1 aromatic heterocycles. The molecular weight excluding hydrogens is 284 g/mol. The standard InChI is InChI=1S/C17H25ClN2O/c1-11(18)14-19-13(21-20-14)7-17-6-12-4-15(2,9-17)8-16(3,5-12)10-17/h11-12H,4-10H2,1-3H3. The zero-order valence-corrected chi connectivity index (χ0v) is 14.0. The van der Waals surface area contributed by atoms with E-state index in [2.05, 4.69) is 24.0 Å². The largest absolute Gasteiger partial charge is 0.339 e. The van der Waals surface area contributed by atoms with Crippen molar-refractivity contribution in [3.63, 3.8) is 0 Å². The molecule has 4 heteroatoms. The van der Waals surface area contributed by atoms with Crippen LogP contribution in [0.1, 0.15) is 76.4 Å². The van der Waals surface area contributed by atoms with Crippen molar-refractivity contribution in [2.45, 2.75) is 71.1 Å². The fourth-order valence-corrected chi connectivity index (χ4v) is 6.79. The molecule has 3 nitrogen and oxygen atoms in total. The lowest BCUT2D eigenvalue weighted by molar-refractivity contribution is -0.146. The van der Waals surface area contributed by atoms with E-state index in [1.165, 1.54) is 38.5 Å². The Morgan fingerprint density at radius 3 is 2.38 bits per heavy atom. The first-order chi connectivity index (χ1) is 9.79. The summed E-state index contributed by atoms with van der Waals surface area (Å²) in [5.74, 6) is 2.34. The summed E-state index contributed by atoms with van der Waals surface area (Å²) in [4.78, 5) is 4.52. The van der Waals surface area contributed by atoms with E-state index in [0.717, 1.165) is 18.2 Å². The lowest BCUT2D eigenvalue weighted by atomic mass is 9.40. The fraction of sp³-hybridized carbons (Fsp3) is 0.882. The van der Waals surface area contributed by atoms with Crippen LogP contribution in [0.5, 0.6) is 0 Å². The van der Waals surface area contributed by atoms with Gasteiger partial charge < -0.3 is 4.52 Å². The van der Waals surface area contributed by atoms with E-state index in [-0.39, 0.29) is 5.38 Å². The van der Waals surface area contributed by atoms with Crippen LogP contribution in [0.15, 0.2) is 4.52 Å². The fourth-order valence-electron chi connectivity index (χ4n) is 6.70. The van der Waals surface area contributed by atoms with E-state index in [9.17, 15) is 0 Å². The van der Waals surface area contributed by atoms with Crippen LogP contribution in [0.2, 0.25) is 0 Å². The summed E-state index contributed by atoms with van der Waals surface area (Å²) in [6.45, 7) is 6.90. The van der Waals surface area contributed by atoms with Crippen LogP contribution in [-0.4, -0.2) is 10.1 Å². The predicted molar refractivity (Wildman–Crippen MR) is 82.1 cm³/mol. The van der Waals surface area contributed by atoms with E-state index in [0.29, 0.717) is 22.1 Å². The number of aromatic nitrogens is 2. The Bertz CT molecular complexity index is 549. The van der Waals surface area contributed by atoms with Crippen molar-refractivity contribution in [2.75, 3.05) is 0 Å². The van der Waals surface area contributed by atoms with Crippen molar-refractivity contribution in [3.05, 3.63) is 11.7 Å². The molecule has 0 aromatic carbocycles. The molecule has 116 valence electrons. The van der Waals surface area contributed by atoms with Gasteiger partial charge in [-0.3, -0.25) is 0 Å². The van der Waals surface area contributed by atoms with Gasteiger partial charge in [0.2, 0.25) is 5.89 Å². The Morgan fingerprint density at radius 2 is 1.86 bits per heavy atom. The zero-order chi connectivity index (χ0) is 14.9. The predicted octanol–water partition coefficient (Wildman–Crippen LogP) is 4.91. The topological polar surface area (TPSA) is 38.9 Å². The van der Waals surface area contributed by atoms with Crippen LogP contribution in [0.3, 0.4) is 0 Å². The lowest BCUT2D eigenvalue weighted by Gasteiger charge is -2.65. The van der Waals surface area contributed by atoms with Gasteiger partial charge in [-0.15, -0.1) is 11.6 Å². The molecule has 4 bridgehead atoms. The number of hydrogen-bond donors (Lipinski definition) is 0. The summed E-state index contributed by atoms with van der Waals surface area (Å²) >= 11 is 6.05. The molecule has 3 atom stereocenters. The van der Waals surface area contributed by atoms with Gasteiger partial charge >= 0.3 is 0 Å². The first kappa shape index (κ1) is 14.0. The highest BCUT2D eigenvalue weighted by molar-refractivity contribution is 6.20. The van der Waals surface area contributed by atoms with Crippen molar-refractivity contribution in [1.29, 1.82) is 0 Å². The molecule has 4 aliphatic carbocycles. The van der Waals surface area contributed by atoms with Gasteiger partial charge in [-0.05, 0) is 67.6 Å². The van der Waals surface area contributed by atoms with Gasteiger partial charge in [-0.1, -0.05) is 19.0 Å². The van der Waals surface area contributed by atoms with Gasteiger partial charge in [-0.25, -0.2) is 0 Å². The Balaban J connectivity index is 1.62. The molecule has 1 heterocycles. The van der Waals surface area contributed by atoms with Gasteiger partial charge in [0.1, 0.15) is 0 Å². The minimum absolute atomic E-state index is 0.172. The quantitative estimate of drug-likeness (QED) is 0.745. The number of hydrogen-bond acceptors (Lipinski definition) is 3. The highest BCUT2D eigenvalue weighted by Crippen LogP contribution is 2.70. The second kappa shape index (κ2) is 4.24. The van der Waals surface area contributed by atoms with Crippen LogP contribution in [-0.2, 0) is 6.42 Å². The van der Waals surface area contributed by atoms with E-state index in [1.54, 1.807) is 0 Å². The van der Waals surface area contributed by atoms with Gasteiger partial charge in [-0.2, -0.15) is 4.98 Å². The van der Waals surface area contributed by atoms with Crippen LogP contribution in [0.4, 0.5) is 0 Å². The SMILES string of the molecule is CC(Cl)c1noc(CC23CC4CC(C)(CC(C)(C4)C2)C3)n1. The summed E-state index contributed by atoms with van der Waals surface area (Å²) in [5.41, 5.74) is 1.47. The minimum atomic E-state index is -0.172. The zero-order valence-electron chi connectivity index (χ0n) is 13.3. The van der Waals surface area contributed by atoms with Crippen molar-refractivity contribution in [3.8, 4) is 0 Å². The van der Waals surface area contributed by atoms with Crippen molar-refractivity contribution in [1.82, 2.24) is 10.1 Å². The average Bonchev–Trinajstić information content (AvgIpc) is 2.71. The highest BCUT2D eigenvalue weighted by Gasteiger charge is 2.60. The number of halogens is 1. The third-order valence-electron chi connectivity index (χ3n) is 6.11. The minimum Gasteiger partial charge on any atom is -0.339 e. The van der Waals surface area contributed by atoms with Gasteiger partial charge in [0.05, 0.1) is 5.38 Å². The van der Waals surface area contributed by atoms with Crippen LogP contribution >= 0.6 is 11.6 Å². The maximum Gasteiger partial charge on any atom is 0.227 e. The summed E-state index contributed by atoms with van der Waals surface area (Å²) in [5, 5.41) is 3.86. The van der Waals surface area contributed by atoms with Crippen LogP contribution in [0.25, 0.3) is 0 Å². The molecule has 0 saturated heterocycles. The molecule has 1 aromatic rings. The van der Waals surface area contributed by atoms with E-state index < -0.39 is 0 Å². The molecule has 0 aliphatic heterocycles. The molecule has 0 amide bonds. The third-order valence-corrected chi connectivity index (χ3v) is 6.30. The first-order valence-electron chi connectivity index (χ1n) is 8.26. The monoisotopic (exact) mass is 308 g/mol. The summed E-state index contributed by atoms with van der Waals surface area (Å²) in [6.07, 6.45) is 9.24. The van der Waals surface area contributed by atoms with Gasteiger partial charge in [0.15, 0.2) is 5.82 Å². The van der Waals surface area contributed by atoms with Crippen molar-refractivity contribution < 1.29 is 4.52 Å². The lowest BCUT2D eigenvalue weighted by Crippen LogP contribution is -2.55. The molecule has 21 heavy (non-hydrogen) atoms. The Hall–Kier alpha value is -0.570. The first-order valence-corrected chi connectivity index (χ1v) is 8.69. The smallest absolute Gasteiger partial charge is 0.227 e. The number of rotatable bonds is 3. The Morgan fingerprint density at radius 1 is 1.19 bits per heavy atom. The molecule has 0 N–H and O–H groups in total. The molecular formula is C17H25ClN2O. The van der Waals surface area contributed by atoms with Gasteiger partial charge in [0.25, 0.3) is 0 Å². The molecule has 5 rings (SSSR count). The average molecular weight is 309 g/mol. The van der Waals surface area contributed by atoms with Crippen LogP contribution < -0.4 is 0 Å². The molecule has 4 fully saturated rings. The molecule has 0 spiro atoms. The molecule has 0 radical (unpaired) electrons. The van der Waals surface area contributed by atoms with E-state index >= 15 is 0 Å². The van der Waals surface area contributed by atoms with Gasteiger partial charge in [0, 0.05) is 6.42 Å². The third kappa shape index (κ3) is 2.32. The van der Waals surface area contributed by atoms with Crippen molar-refractivity contribution in [2.24, 2.45) is 22.2 Å². The summed E-state index contributed by atoms with van der Waals surface area (Å²) in [7, 11) is 0. The summed E-state index contributed by atoms with van der Waals surface area (Å²) in [6, 6.07) is 0. The molecule has 4 saturated carbocycles. The second-order valence-corrected chi connectivity index (χ2v) is 9.62. The number of alkyl halides is 1. The molecule has 3 unspecified atom stereocenters. The maximum absolute atomic E-state index is 6.05. The maximum atomic E-state index is 6.05. The van der Waals surface area contributed by atoms with Crippen LogP contribution in [0, 0.1) is 22.2 Å². The van der Waals surface area contributed by atoms with E-state index in [4.69, 9.17) is 16.1 Å². The Kier molecular flexibility index (Phi) is 2.84.